The van der Waals surface area contributed by atoms with Crippen molar-refractivity contribution in [2.75, 3.05) is 19.7 Å². The lowest BCUT2D eigenvalue weighted by Crippen LogP contribution is -2.50. The van der Waals surface area contributed by atoms with E-state index in [1.165, 1.54) is 4.90 Å². The third-order valence-corrected chi connectivity index (χ3v) is 5.97. The van der Waals surface area contributed by atoms with E-state index >= 15 is 0 Å². The average Bonchev–Trinajstić information content (AvgIpc) is 3.36. The predicted octanol–water partition coefficient (Wildman–Crippen LogP) is 3.13. The van der Waals surface area contributed by atoms with Gasteiger partial charge in [0.05, 0.1) is 6.61 Å². The molecular weight excluding hydrogens is 432 g/mol. The van der Waals surface area contributed by atoms with Crippen LogP contribution >= 0.6 is 0 Å². The number of hydrogen-bond donors (Lipinski definition) is 3. The van der Waals surface area contributed by atoms with Gasteiger partial charge in [-0.1, -0.05) is 63.2 Å². The van der Waals surface area contributed by atoms with E-state index in [1.807, 2.05) is 48.5 Å². The number of aliphatic hydroxyl groups is 2. The van der Waals surface area contributed by atoms with Crippen molar-refractivity contribution < 1.29 is 24.5 Å². The fourth-order valence-corrected chi connectivity index (χ4v) is 3.80. The molecule has 3 N–H and O–H groups in total. The number of nitrogens with one attached hydrogen (secondary N) is 1. The summed E-state index contributed by atoms with van der Waals surface area (Å²) in [7, 11) is 0. The zero-order valence-corrected chi connectivity index (χ0v) is 20.3. The van der Waals surface area contributed by atoms with Gasteiger partial charge < -0.3 is 25.2 Å². The maximum absolute atomic E-state index is 12.3. The monoisotopic (exact) mass is 468 g/mol. The van der Waals surface area contributed by atoms with Crippen LogP contribution in [-0.2, 0) is 16.1 Å². The molecule has 1 fully saturated rings. The first kappa shape index (κ1) is 25.7. The summed E-state index contributed by atoms with van der Waals surface area (Å²) in [6.07, 6.45) is -0.877. The van der Waals surface area contributed by atoms with Crippen molar-refractivity contribution in [1.82, 2.24) is 10.2 Å². The van der Waals surface area contributed by atoms with Gasteiger partial charge in [-0.05, 0) is 41.9 Å². The molecule has 0 saturated carbocycles. The van der Waals surface area contributed by atoms with Gasteiger partial charge in [0.15, 0.2) is 12.2 Å². The summed E-state index contributed by atoms with van der Waals surface area (Å²) in [5.41, 5.74) is 3.02. The van der Waals surface area contributed by atoms with Gasteiger partial charge in [0.2, 0.25) is 0 Å². The largest absolute Gasteiger partial charge is 0.493 e. The number of carbonyl (C=O) groups excluding carboxylic acids is 2. The molecule has 1 heterocycles. The van der Waals surface area contributed by atoms with Crippen LogP contribution in [0.5, 0.6) is 5.75 Å². The van der Waals surface area contributed by atoms with Gasteiger partial charge in [-0.3, -0.25) is 9.59 Å². The number of para-hydroxylation sites is 1. The summed E-state index contributed by atoms with van der Waals surface area (Å²) in [6.45, 7) is 8.45. The zero-order chi connectivity index (χ0) is 24.7. The quantitative estimate of drug-likeness (QED) is 0.525. The highest BCUT2D eigenvalue weighted by molar-refractivity contribution is 5.90. The van der Waals surface area contributed by atoms with Crippen molar-refractivity contribution in [2.45, 2.75) is 58.8 Å². The summed E-state index contributed by atoms with van der Waals surface area (Å²) in [6, 6.07) is 15.6. The molecule has 34 heavy (non-hydrogen) atoms. The fraction of sp³-hybridized carbons (Fsp3) is 0.481. The second-order valence-corrected chi connectivity index (χ2v) is 9.99. The lowest BCUT2D eigenvalue weighted by molar-refractivity contribution is -0.152. The van der Waals surface area contributed by atoms with E-state index < -0.39 is 24.0 Å². The predicted molar refractivity (Wildman–Crippen MR) is 131 cm³/mol. The van der Waals surface area contributed by atoms with Crippen LogP contribution < -0.4 is 10.1 Å². The van der Waals surface area contributed by atoms with Gasteiger partial charge in [-0.15, -0.1) is 0 Å². The molecule has 1 aliphatic rings. The Morgan fingerprint density at radius 1 is 1.00 bits per heavy atom. The highest BCUT2D eigenvalue weighted by Gasteiger charge is 2.34. The first-order valence-electron chi connectivity index (χ1n) is 11.9. The Bertz CT molecular complexity index is 962. The molecule has 2 aromatic carbocycles. The van der Waals surface area contributed by atoms with Gasteiger partial charge in [0, 0.05) is 25.2 Å². The van der Waals surface area contributed by atoms with Gasteiger partial charge in [-0.25, -0.2) is 0 Å². The third-order valence-electron chi connectivity index (χ3n) is 5.97. The molecule has 7 nitrogen and oxygen atoms in total. The summed E-state index contributed by atoms with van der Waals surface area (Å²) in [5.74, 6) is -0.554. The van der Waals surface area contributed by atoms with Crippen molar-refractivity contribution in [3.8, 4) is 16.9 Å². The van der Waals surface area contributed by atoms with Crippen molar-refractivity contribution >= 4 is 11.8 Å². The van der Waals surface area contributed by atoms with Crippen LogP contribution in [0.4, 0.5) is 0 Å². The van der Waals surface area contributed by atoms with E-state index in [1.54, 1.807) is 0 Å². The number of carbonyl (C=O) groups is 2. The third kappa shape index (κ3) is 7.05. The number of aliphatic hydroxyl groups excluding tert-OH is 2. The number of nitrogens with zero attached hydrogens (tertiary/aromatic N) is 1. The molecule has 2 aromatic rings. The van der Waals surface area contributed by atoms with Gasteiger partial charge in [0.1, 0.15) is 5.75 Å². The Morgan fingerprint density at radius 2 is 1.65 bits per heavy atom. The van der Waals surface area contributed by atoms with Crippen LogP contribution in [0.25, 0.3) is 11.1 Å². The highest BCUT2D eigenvalue weighted by atomic mass is 16.5. The van der Waals surface area contributed by atoms with E-state index in [-0.39, 0.29) is 12.0 Å². The van der Waals surface area contributed by atoms with Crippen LogP contribution in [-0.4, -0.2) is 58.8 Å². The standard InChI is InChI=1S/C27H36N2O5/c1-27(2,3)14-17-34-22-9-5-4-8-21(22)20-12-10-19(11-13-20)18-28-25(32)23(30)24(31)26(33)29-15-6-7-16-29/h4-5,8-13,23-24,30-31H,6-7,14-18H2,1-3H3,(H,28,32)/t23-,24-/m1/s1. The minimum Gasteiger partial charge on any atom is -0.493 e. The maximum atomic E-state index is 12.3. The van der Waals surface area contributed by atoms with E-state index in [0.29, 0.717) is 19.7 Å². The molecule has 3 rings (SSSR count). The molecule has 0 radical (unpaired) electrons. The van der Waals surface area contributed by atoms with Crippen molar-refractivity contribution in [3.05, 3.63) is 54.1 Å². The van der Waals surface area contributed by atoms with Crippen molar-refractivity contribution in [1.29, 1.82) is 0 Å². The van der Waals surface area contributed by atoms with Crippen LogP contribution in [0.3, 0.4) is 0 Å². The summed E-state index contributed by atoms with van der Waals surface area (Å²) in [5, 5.41) is 22.8. The number of benzene rings is 2. The van der Waals surface area contributed by atoms with E-state index in [0.717, 1.165) is 41.7 Å². The van der Waals surface area contributed by atoms with Crippen molar-refractivity contribution in [3.63, 3.8) is 0 Å². The van der Waals surface area contributed by atoms with Crippen LogP contribution in [0.15, 0.2) is 48.5 Å². The van der Waals surface area contributed by atoms with Crippen LogP contribution in [0, 0.1) is 5.41 Å². The second-order valence-electron chi connectivity index (χ2n) is 9.99. The molecule has 0 bridgehead atoms. The van der Waals surface area contributed by atoms with Gasteiger partial charge >= 0.3 is 0 Å². The number of ether oxygens (including phenoxy) is 1. The van der Waals surface area contributed by atoms with E-state index in [2.05, 4.69) is 26.1 Å². The van der Waals surface area contributed by atoms with Crippen LogP contribution in [0.2, 0.25) is 0 Å². The molecular formula is C27H36N2O5. The van der Waals surface area contributed by atoms with E-state index in [9.17, 15) is 19.8 Å². The molecule has 0 aliphatic carbocycles. The van der Waals surface area contributed by atoms with Gasteiger partial charge in [-0.2, -0.15) is 0 Å². The summed E-state index contributed by atoms with van der Waals surface area (Å²) in [4.78, 5) is 26.0. The smallest absolute Gasteiger partial charge is 0.254 e. The Labute approximate surface area is 201 Å². The van der Waals surface area contributed by atoms with E-state index in [4.69, 9.17) is 4.74 Å². The Kier molecular flexibility index (Phi) is 8.69. The second kappa shape index (κ2) is 11.5. The first-order valence-corrected chi connectivity index (χ1v) is 11.9. The molecule has 0 spiro atoms. The number of rotatable bonds is 9. The van der Waals surface area contributed by atoms with Crippen molar-refractivity contribution in [2.24, 2.45) is 5.41 Å². The molecule has 2 amide bonds. The fourth-order valence-electron chi connectivity index (χ4n) is 3.80. The minimum absolute atomic E-state index is 0.171. The molecule has 0 unspecified atom stereocenters. The molecule has 1 saturated heterocycles. The molecule has 1 aliphatic heterocycles. The minimum atomic E-state index is -1.80. The topological polar surface area (TPSA) is 99.1 Å². The zero-order valence-electron chi connectivity index (χ0n) is 20.3. The first-order chi connectivity index (χ1) is 16.2. The number of likely N-dealkylation sites (tertiary alicyclic amines) is 1. The van der Waals surface area contributed by atoms with Gasteiger partial charge in [0.25, 0.3) is 11.8 Å². The summed E-state index contributed by atoms with van der Waals surface area (Å²) >= 11 is 0. The average molecular weight is 469 g/mol. The van der Waals surface area contributed by atoms with Crippen LogP contribution in [0.1, 0.15) is 45.6 Å². The Hall–Kier alpha value is -2.90. The normalized spacial score (nSPS) is 15.6. The number of hydrogen-bond acceptors (Lipinski definition) is 5. The molecule has 184 valence electrons. The summed E-state index contributed by atoms with van der Waals surface area (Å²) < 4.78 is 6.04. The lowest BCUT2D eigenvalue weighted by atomic mass is 9.93. The SMILES string of the molecule is CC(C)(C)CCOc1ccccc1-c1ccc(CNC(=O)[C@H](O)[C@@H](O)C(=O)N2CCCC2)cc1. The lowest BCUT2D eigenvalue weighted by Gasteiger charge is -2.22. The molecule has 7 heteroatoms. The molecule has 2 atom stereocenters. The maximum Gasteiger partial charge on any atom is 0.254 e. The Morgan fingerprint density at radius 3 is 2.29 bits per heavy atom. The molecule has 0 aromatic heterocycles. The number of amides is 2. The Balaban J connectivity index is 1.56. The highest BCUT2D eigenvalue weighted by Crippen LogP contribution is 2.31.